The van der Waals surface area contributed by atoms with Crippen LogP contribution in [0, 0.1) is 0 Å². The van der Waals surface area contributed by atoms with Gasteiger partial charge in [-0.1, -0.05) is 0 Å². The van der Waals surface area contributed by atoms with E-state index in [1.807, 2.05) is 6.07 Å². The first-order chi connectivity index (χ1) is 13.8. The van der Waals surface area contributed by atoms with Gasteiger partial charge in [0.2, 0.25) is 0 Å². The Morgan fingerprint density at radius 2 is 1.97 bits per heavy atom. The van der Waals surface area contributed by atoms with Crippen molar-refractivity contribution in [3.8, 4) is 5.75 Å². The van der Waals surface area contributed by atoms with Crippen LogP contribution in [-0.2, 0) is 0 Å². The number of nitrogens with zero attached hydrogens (tertiary/aromatic N) is 2. The lowest BCUT2D eigenvalue weighted by atomic mass is 10.3. The highest BCUT2D eigenvalue weighted by Gasteiger charge is 2.31. The van der Waals surface area contributed by atoms with Crippen molar-refractivity contribution < 1.29 is 17.9 Å². The summed E-state index contributed by atoms with van der Waals surface area (Å²) in [4.78, 5) is 4.31. The predicted molar refractivity (Wildman–Crippen MR) is 110 cm³/mol. The van der Waals surface area contributed by atoms with Crippen molar-refractivity contribution in [3.05, 3.63) is 44.7 Å². The minimum Gasteiger partial charge on any atom is -0.406 e. The minimum absolute atomic E-state index is 0.315. The second-order valence-electron chi connectivity index (χ2n) is 6.49. The molecular formula is C17H15Br2F3N6O. The van der Waals surface area contributed by atoms with E-state index in [9.17, 15) is 13.2 Å². The van der Waals surface area contributed by atoms with E-state index in [0.717, 1.165) is 5.69 Å². The van der Waals surface area contributed by atoms with E-state index in [2.05, 4.69) is 67.7 Å². The Kier molecular flexibility index (Phi) is 5.47. The Labute approximate surface area is 180 Å². The molecule has 1 aliphatic heterocycles. The number of benzene rings is 1. The molecule has 0 saturated heterocycles. The average Bonchev–Trinajstić information content (AvgIpc) is 3.38. The van der Waals surface area contributed by atoms with Crippen molar-refractivity contribution in [2.75, 3.05) is 10.6 Å². The van der Waals surface area contributed by atoms with Crippen molar-refractivity contribution in [3.63, 3.8) is 0 Å². The molecule has 7 nitrogen and oxygen atoms in total. The molecule has 2 aromatic rings. The quantitative estimate of drug-likeness (QED) is 0.418. The van der Waals surface area contributed by atoms with Crippen molar-refractivity contribution in [2.45, 2.75) is 31.4 Å². The predicted octanol–water partition coefficient (Wildman–Crippen LogP) is 4.99. The van der Waals surface area contributed by atoms with Gasteiger partial charge >= 0.3 is 6.36 Å². The van der Waals surface area contributed by atoms with E-state index in [0.29, 0.717) is 32.2 Å². The number of H-pyrrole nitrogens is 1. The number of aliphatic imine (C=N–C) groups is 1. The lowest BCUT2D eigenvalue weighted by Crippen LogP contribution is -2.39. The second-order valence-corrected chi connectivity index (χ2v) is 8.20. The molecule has 0 spiro atoms. The van der Waals surface area contributed by atoms with Crippen LogP contribution in [0.4, 0.5) is 24.7 Å². The van der Waals surface area contributed by atoms with Crippen LogP contribution in [0.3, 0.4) is 0 Å². The molecule has 12 heteroatoms. The number of nitrogens with one attached hydrogen (secondary N) is 4. The van der Waals surface area contributed by atoms with Gasteiger partial charge in [0.15, 0.2) is 12.1 Å². The molecule has 1 fully saturated rings. The van der Waals surface area contributed by atoms with Gasteiger partial charge in [0, 0.05) is 28.4 Å². The van der Waals surface area contributed by atoms with Crippen LogP contribution in [0.5, 0.6) is 5.75 Å². The zero-order valence-corrected chi connectivity index (χ0v) is 17.8. The number of halogens is 5. The number of anilines is 2. The molecule has 0 bridgehead atoms. The Bertz CT molecular complexity index is 970. The first kappa shape index (κ1) is 20.1. The molecule has 1 saturated carbocycles. The number of alkyl halides is 3. The number of allylic oxidation sites excluding steroid dienone is 1. The van der Waals surface area contributed by atoms with Crippen molar-refractivity contribution in [1.82, 2.24) is 15.5 Å². The van der Waals surface area contributed by atoms with Gasteiger partial charge in [-0.3, -0.25) is 5.10 Å². The average molecular weight is 536 g/mol. The van der Waals surface area contributed by atoms with Gasteiger partial charge in [-0.2, -0.15) is 5.10 Å². The first-order valence-corrected chi connectivity index (χ1v) is 10.2. The maximum absolute atomic E-state index is 12.3. The van der Waals surface area contributed by atoms with Crippen molar-refractivity contribution in [1.29, 1.82) is 0 Å². The molecule has 29 heavy (non-hydrogen) atoms. The summed E-state index contributed by atoms with van der Waals surface area (Å²) in [6, 6.07) is 5.90. The molecule has 0 amide bonds. The largest absolute Gasteiger partial charge is 0.573 e. The van der Waals surface area contributed by atoms with E-state index in [1.165, 1.54) is 31.0 Å². The lowest BCUT2D eigenvalue weighted by molar-refractivity contribution is -0.274. The van der Waals surface area contributed by atoms with E-state index < -0.39 is 12.7 Å². The van der Waals surface area contributed by atoms with Crippen molar-refractivity contribution >= 4 is 49.6 Å². The summed E-state index contributed by atoms with van der Waals surface area (Å²) in [7, 11) is 0. The van der Waals surface area contributed by atoms with Gasteiger partial charge in [-0.15, -0.1) is 13.2 Å². The molecule has 1 aromatic heterocycles. The summed E-state index contributed by atoms with van der Waals surface area (Å²) < 4.78 is 42.1. The van der Waals surface area contributed by atoms with Crippen LogP contribution in [0.1, 0.15) is 24.5 Å². The SMILES string of the molecule is FC(F)(F)Oc1ccc(NC2N=CC(Br)=C(Nc3cc(C4CC4)[nH]n3)N2)c(Br)c1. The monoisotopic (exact) mass is 534 g/mol. The molecule has 1 atom stereocenters. The normalized spacial score (nSPS) is 19.1. The van der Waals surface area contributed by atoms with Gasteiger partial charge in [0.05, 0.1) is 10.2 Å². The fourth-order valence-electron chi connectivity index (χ4n) is 2.71. The fraction of sp³-hybridized carbons (Fsp3) is 0.294. The molecule has 0 radical (unpaired) electrons. The maximum Gasteiger partial charge on any atom is 0.573 e. The number of hydrogen-bond donors (Lipinski definition) is 4. The highest BCUT2D eigenvalue weighted by atomic mass is 79.9. The molecule has 1 aliphatic carbocycles. The van der Waals surface area contributed by atoms with Gasteiger partial charge in [-0.05, 0) is 62.9 Å². The lowest BCUT2D eigenvalue weighted by Gasteiger charge is -2.25. The molecule has 4 N–H and O–H groups in total. The highest BCUT2D eigenvalue weighted by molar-refractivity contribution is 9.12. The number of aromatic amines is 1. The van der Waals surface area contributed by atoms with Crippen LogP contribution in [0.25, 0.3) is 0 Å². The summed E-state index contributed by atoms with van der Waals surface area (Å²) in [6.07, 6.45) is -1.32. The van der Waals surface area contributed by atoms with E-state index in [4.69, 9.17) is 0 Å². The van der Waals surface area contributed by atoms with Crippen molar-refractivity contribution in [2.24, 2.45) is 4.99 Å². The van der Waals surface area contributed by atoms with Crippen LogP contribution in [0.2, 0.25) is 0 Å². The number of aromatic nitrogens is 2. The number of hydrogen-bond acceptors (Lipinski definition) is 6. The van der Waals surface area contributed by atoms with Gasteiger partial charge < -0.3 is 20.7 Å². The summed E-state index contributed by atoms with van der Waals surface area (Å²) in [6.45, 7) is 0. The number of ether oxygens (including phenoxy) is 1. The molecule has 2 aliphatic rings. The summed E-state index contributed by atoms with van der Waals surface area (Å²) in [5.41, 5.74) is 1.65. The summed E-state index contributed by atoms with van der Waals surface area (Å²) in [5.74, 6) is 1.58. The molecule has 4 rings (SSSR count). The highest BCUT2D eigenvalue weighted by Crippen LogP contribution is 2.39. The third kappa shape index (κ3) is 5.24. The van der Waals surface area contributed by atoms with Crippen LogP contribution >= 0.6 is 31.9 Å². The first-order valence-electron chi connectivity index (χ1n) is 8.60. The summed E-state index contributed by atoms with van der Waals surface area (Å²) in [5, 5.41) is 16.7. The van der Waals surface area contributed by atoms with E-state index in [1.54, 1.807) is 6.21 Å². The Balaban J connectivity index is 1.40. The topological polar surface area (TPSA) is 86.4 Å². The van der Waals surface area contributed by atoms with E-state index in [-0.39, 0.29) is 5.75 Å². The Morgan fingerprint density at radius 1 is 1.17 bits per heavy atom. The Hall–Kier alpha value is -2.21. The minimum atomic E-state index is -4.74. The zero-order chi connectivity index (χ0) is 20.6. The van der Waals surface area contributed by atoms with Gasteiger partial charge in [-0.25, -0.2) is 4.99 Å². The van der Waals surface area contributed by atoms with Gasteiger partial charge in [0.25, 0.3) is 0 Å². The second kappa shape index (κ2) is 7.90. The molecule has 1 unspecified atom stereocenters. The molecule has 1 aromatic carbocycles. The maximum atomic E-state index is 12.3. The van der Waals surface area contributed by atoms with E-state index >= 15 is 0 Å². The third-order valence-electron chi connectivity index (χ3n) is 4.19. The fourth-order valence-corrected chi connectivity index (χ4v) is 3.51. The van der Waals surface area contributed by atoms with Crippen LogP contribution in [-0.4, -0.2) is 29.1 Å². The molecule has 2 heterocycles. The number of rotatable bonds is 6. The summed E-state index contributed by atoms with van der Waals surface area (Å²) >= 11 is 6.68. The molecule has 154 valence electrons. The Morgan fingerprint density at radius 3 is 2.66 bits per heavy atom. The smallest absolute Gasteiger partial charge is 0.406 e. The standard InChI is InChI=1S/C17H15Br2F3N6O/c18-10-5-9(29-17(20,21)22)3-4-12(10)24-16-23-7-11(19)15(26-16)25-14-6-13(27-28-14)8-1-2-8/h3-8,16,24,26H,1-2H2,(H2,25,27,28). The van der Waals surface area contributed by atoms with Gasteiger partial charge in [0.1, 0.15) is 11.6 Å². The zero-order valence-electron chi connectivity index (χ0n) is 14.6. The van der Waals surface area contributed by atoms with Crippen LogP contribution in [0.15, 0.2) is 44.0 Å². The molecular weight excluding hydrogens is 521 g/mol. The van der Waals surface area contributed by atoms with Crippen LogP contribution < -0.4 is 20.7 Å². The third-order valence-corrected chi connectivity index (χ3v) is 5.45.